The quantitative estimate of drug-likeness (QED) is 0.237. The largest absolute Gasteiger partial charge is 0.447 e. The van der Waals surface area contributed by atoms with Gasteiger partial charge in [0.05, 0.1) is 12.0 Å². The molecule has 4 rings (SSSR count). The molecule has 4 atom stereocenters. The molecule has 2 N–H and O–H groups in total. The highest BCUT2D eigenvalue weighted by Crippen LogP contribution is 2.40. The molecule has 1 saturated heterocycles. The lowest BCUT2D eigenvalue weighted by molar-refractivity contribution is -0.0429. The van der Waals surface area contributed by atoms with Crippen molar-refractivity contribution < 1.29 is 23.0 Å². The van der Waals surface area contributed by atoms with E-state index in [1.807, 2.05) is 6.07 Å². The van der Waals surface area contributed by atoms with Gasteiger partial charge in [0.1, 0.15) is 22.7 Å². The van der Waals surface area contributed by atoms with Gasteiger partial charge in [-0.05, 0) is 36.3 Å². The van der Waals surface area contributed by atoms with Crippen LogP contribution in [0.15, 0.2) is 42.6 Å². The maximum atomic E-state index is 16.0. The van der Waals surface area contributed by atoms with Crippen LogP contribution in [0.3, 0.4) is 0 Å². The molecule has 0 saturated carbocycles. The topological polar surface area (TPSA) is 93.7 Å². The summed E-state index contributed by atoms with van der Waals surface area (Å²) in [4.78, 5) is 8.20. The van der Waals surface area contributed by atoms with Crippen LogP contribution >= 0.6 is 23.8 Å². The number of hydrogen-bond donors (Lipinski definition) is 1. The van der Waals surface area contributed by atoms with Gasteiger partial charge in [0.2, 0.25) is 5.95 Å². The summed E-state index contributed by atoms with van der Waals surface area (Å²) >= 11 is 11.5. The number of benzene rings is 1. The summed E-state index contributed by atoms with van der Waals surface area (Å²) in [6.07, 6.45) is -2.91. The summed E-state index contributed by atoms with van der Waals surface area (Å²) in [6, 6.07) is 10.6. The Balaban J connectivity index is 1.60. The number of thiocarbonyl (C=S) groups is 1. The molecule has 2 aromatic heterocycles. The van der Waals surface area contributed by atoms with Crippen molar-refractivity contribution in [1.82, 2.24) is 14.5 Å². The van der Waals surface area contributed by atoms with E-state index in [0.29, 0.717) is 16.8 Å². The molecule has 3 heterocycles. The summed E-state index contributed by atoms with van der Waals surface area (Å²) in [5, 5.41) is 0.461. The van der Waals surface area contributed by atoms with Crippen LogP contribution in [0.5, 0.6) is 5.75 Å². The van der Waals surface area contributed by atoms with Crippen molar-refractivity contribution in [2.75, 3.05) is 12.3 Å². The highest BCUT2D eigenvalue weighted by Gasteiger charge is 2.50. The Labute approximate surface area is 221 Å². The second-order valence-corrected chi connectivity index (χ2v) is 15.7. The van der Waals surface area contributed by atoms with Gasteiger partial charge in [0.15, 0.2) is 26.8 Å². The van der Waals surface area contributed by atoms with Crippen molar-refractivity contribution >= 4 is 54.4 Å². The third kappa shape index (κ3) is 5.50. The monoisotopic (exact) mass is 552 g/mol. The predicted molar refractivity (Wildman–Crippen MR) is 143 cm³/mol. The molecule has 0 aliphatic carbocycles. The van der Waals surface area contributed by atoms with Crippen LogP contribution in [-0.4, -0.2) is 53.1 Å². The highest BCUT2D eigenvalue weighted by molar-refractivity contribution is 7.79. The van der Waals surface area contributed by atoms with E-state index in [1.54, 1.807) is 36.5 Å². The van der Waals surface area contributed by atoms with Crippen LogP contribution in [0.25, 0.3) is 11.0 Å². The normalized spacial score (nSPS) is 22.6. The van der Waals surface area contributed by atoms with Crippen LogP contribution in [-0.2, 0) is 13.9 Å². The molecular formula is C24H30ClFN4O4SSi. The van der Waals surface area contributed by atoms with Crippen LogP contribution in [0, 0.1) is 0 Å². The van der Waals surface area contributed by atoms with Gasteiger partial charge in [-0.25, -0.2) is 9.37 Å². The van der Waals surface area contributed by atoms with E-state index in [1.165, 1.54) is 4.57 Å². The van der Waals surface area contributed by atoms with E-state index in [-0.39, 0.29) is 28.0 Å². The molecule has 0 radical (unpaired) electrons. The minimum atomic E-state index is -2.16. The van der Waals surface area contributed by atoms with E-state index in [9.17, 15) is 0 Å². The molecule has 0 unspecified atom stereocenters. The average molecular weight is 553 g/mol. The van der Waals surface area contributed by atoms with Gasteiger partial charge in [-0.3, -0.25) is 0 Å². The number of para-hydroxylation sites is 1. The van der Waals surface area contributed by atoms with Gasteiger partial charge in [0, 0.05) is 18.4 Å². The fourth-order valence-electron chi connectivity index (χ4n) is 3.64. The van der Waals surface area contributed by atoms with E-state index < -0.39 is 32.9 Å². The first-order chi connectivity index (χ1) is 16.9. The maximum Gasteiger partial charge on any atom is 0.358 e. The number of ether oxygens (including phenoxy) is 3. The van der Waals surface area contributed by atoms with Crippen molar-refractivity contribution in [3.8, 4) is 5.75 Å². The number of rotatable bonds is 6. The van der Waals surface area contributed by atoms with E-state index in [4.69, 9.17) is 48.2 Å². The number of aromatic nitrogens is 3. The van der Waals surface area contributed by atoms with Crippen LogP contribution in [0.1, 0.15) is 27.0 Å². The van der Waals surface area contributed by atoms with Gasteiger partial charge in [0.25, 0.3) is 0 Å². The number of anilines is 1. The first-order valence-electron chi connectivity index (χ1n) is 11.5. The van der Waals surface area contributed by atoms with E-state index in [0.717, 1.165) is 0 Å². The summed E-state index contributed by atoms with van der Waals surface area (Å²) in [7, 11) is -2.16. The minimum absolute atomic E-state index is 0.0242. The summed E-state index contributed by atoms with van der Waals surface area (Å²) in [6.45, 7) is 10.8. The Hall–Kier alpha value is -2.31. The molecule has 0 spiro atoms. The maximum absolute atomic E-state index is 16.0. The van der Waals surface area contributed by atoms with Crippen molar-refractivity contribution in [3.05, 3.63) is 47.7 Å². The number of nitrogen functional groups attached to an aromatic ring is 1. The standard InChI is InChI=1S/C24H30ClFN4O4SSi/c1-24(2,3)36(4,5)31-13-16-18(34-23(35)32-14-9-7-6-8-10-14)17(26)21(33-16)30-12-11-15-19(25)28-22(27)29-20(15)30/h6-12,16-18,21H,13H2,1-5H3,(H2,27,28,29)/t16-,17+,18-,21-/m1/s1. The molecular weight excluding hydrogens is 523 g/mol. The predicted octanol–water partition coefficient (Wildman–Crippen LogP) is 5.67. The number of halogens is 2. The number of nitrogens with two attached hydrogens (primary N) is 1. The second kappa shape index (κ2) is 10.2. The van der Waals surface area contributed by atoms with E-state index >= 15 is 4.39 Å². The molecule has 1 aromatic carbocycles. The molecule has 1 aliphatic heterocycles. The van der Waals surface area contributed by atoms with Crippen molar-refractivity contribution in [1.29, 1.82) is 0 Å². The lowest BCUT2D eigenvalue weighted by Crippen LogP contribution is -2.45. The lowest BCUT2D eigenvalue weighted by Gasteiger charge is -2.37. The Morgan fingerprint density at radius 3 is 2.58 bits per heavy atom. The average Bonchev–Trinajstić information content (AvgIpc) is 3.33. The molecule has 12 heteroatoms. The van der Waals surface area contributed by atoms with Gasteiger partial charge in [-0.1, -0.05) is 50.6 Å². The summed E-state index contributed by atoms with van der Waals surface area (Å²) in [5.41, 5.74) is 6.14. The molecule has 194 valence electrons. The lowest BCUT2D eigenvalue weighted by atomic mass is 10.1. The zero-order valence-corrected chi connectivity index (χ0v) is 23.3. The number of nitrogens with zero attached hydrogens (tertiary/aromatic N) is 3. The fourth-order valence-corrected chi connectivity index (χ4v) is 5.09. The van der Waals surface area contributed by atoms with Gasteiger partial charge < -0.3 is 28.9 Å². The fraction of sp³-hybridized carbons (Fsp3) is 0.458. The summed E-state index contributed by atoms with van der Waals surface area (Å²) in [5.74, 6) is 0.463. The van der Waals surface area contributed by atoms with Crippen molar-refractivity contribution in [2.24, 2.45) is 0 Å². The first kappa shape index (κ1) is 26.7. The minimum Gasteiger partial charge on any atom is -0.447 e. The highest BCUT2D eigenvalue weighted by atomic mass is 35.5. The third-order valence-corrected chi connectivity index (χ3v) is 11.6. The van der Waals surface area contributed by atoms with Crippen LogP contribution in [0.4, 0.5) is 10.3 Å². The Morgan fingerprint density at radius 2 is 1.92 bits per heavy atom. The van der Waals surface area contributed by atoms with Crippen LogP contribution in [0.2, 0.25) is 23.3 Å². The molecule has 0 bridgehead atoms. The SMILES string of the molecule is CC(C)(C)[Si](C)(C)OC[C@H]1O[C@@H](n2ccc3c(Cl)nc(N)nc32)[C@@H](F)[C@@H]1OC(=S)Oc1ccccc1. The Morgan fingerprint density at radius 1 is 1.22 bits per heavy atom. The number of alkyl halides is 1. The first-order valence-corrected chi connectivity index (χ1v) is 15.2. The number of fused-ring (bicyclic) bond motifs is 1. The zero-order valence-electron chi connectivity index (χ0n) is 20.8. The molecule has 1 fully saturated rings. The zero-order chi connectivity index (χ0) is 26.3. The third-order valence-electron chi connectivity index (χ3n) is 6.68. The van der Waals surface area contributed by atoms with Gasteiger partial charge in [-0.15, -0.1) is 0 Å². The van der Waals surface area contributed by atoms with E-state index in [2.05, 4.69) is 43.8 Å². The van der Waals surface area contributed by atoms with Crippen molar-refractivity contribution in [2.45, 2.75) is 63.5 Å². The molecule has 3 aromatic rings. The van der Waals surface area contributed by atoms with Crippen molar-refractivity contribution in [3.63, 3.8) is 0 Å². The molecule has 8 nitrogen and oxygen atoms in total. The van der Waals surface area contributed by atoms with Crippen LogP contribution < -0.4 is 10.5 Å². The summed E-state index contributed by atoms with van der Waals surface area (Å²) < 4.78 is 41.5. The smallest absolute Gasteiger partial charge is 0.358 e. The number of hydrogen-bond acceptors (Lipinski definition) is 8. The van der Waals surface area contributed by atoms with Gasteiger partial charge >= 0.3 is 5.24 Å². The second-order valence-electron chi connectivity index (χ2n) is 10.2. The Kier molecular flexibility index (Phi) is 7.59. The molecule has 1 aliphatic rings. The van der Waals surface area contributed by atoms with Gasteiger partial charge in [-0.2, -0.15) is 4.98 Å². The molecule has 36 heavy (non-hydrogen) atoms. The molecule has 0 amide bonds. The Bertz CT molecular complexity index is 1240.